The van der Waals surface area contributed by atoms with Crippen LogP contribution in [0.3, 0.4) is 0 Å². The van der Waals surface area contributed by atoms with Gasteiger partial charge in [-0.05, 0) is 38.0 Å². The van der Waals surface area contributed by atoms with Crippen LogP contribution in [-0.4, -0.2) is 22.3 Å². The highest BCUT2D eigenvalue weighted by atomic mass is 16.5. The Bertz CT molecular complexity index is 629. The summed E-state index contributed by atoms with van der Waals surface area (Å²) in [6, 6.07) is 5.78. The summed E-state index contributed by atoms with van der Waals surface area (Å²) in [4.78, 5) is 11.8. The lowest BCUT2D eigenvalue weighted by Crippen LogP contribution is -2.13. The average Bonchev–Trinajstić information content (AvgIpc) is 3.18. The average molecular weight is 259 g/mol. The number of aromatic nitrogens is 2. The van der Waals surface area contributed by atoms with Crippen LogP contribution in [0, 0.1) is 5.92 Å². The first kappa shape index (κ1) is 12.0. The van der Waals surface area contributed by atoms with Crippen LogP contribution in [0.25, 0.3) is 10.9 Å². The van der Waals surface area contributed by atoms with Crippen molar-refractivity contribution in [1.29, 1.82) is 0 Å². The number of benzene rings is 1. The van der Waals surface area contributed by atoms with Gasteiger partial charge >= 0.3 is 0 Å². The summed E-state index contributed by atoms with van der Waals surface area (Å²) in [5.41, 5.74) is 1.80. The number of ether oxygens (including phenoxy) is 1. The lowest BCUT2D eigenvalue weighted by Gasteiger charge is -2.05. The molecule has 19 heavy (non-hydrogen) atoms. The van der Waals surface area contributed by atoms with E-state index in [1.807, 2.05) is 32.2 Å². The molecule has 0 bridgehead atoms. The van der Waals surface area contributed by atoms with E-state index in [0.29, 0.717) is 12.5 Å². The van der Waals surface area contributed by atoms with Crippen molar-refractivity contribution in [2.45, 2.75) is 19.8 Å². The van der Waals surface area contributed by atoms with E-state index in [1.54, 1.807) is 4.68 Å². The van der Waals surface area contributed by atoms with Gasteiger partial charge in [-0.15, -0.1) is 5.10 Å². The highest BCUT2D eigenvalue weighted by molar-refractivity contribution is 5.97. The van der Waals surface area contributed by atoms with E-state index in [-0.39, 0.29) is 11.8 Å². The topological polar surface area (TPSA) is 56.1 Å². The van der Waals surface area contributed by atoms with Crippen molar-refractivity contribution >= 4 is 22.5 Å². The molecule has 0 spiro atoms. The second-order valence-electron chi connectivity index (χ2n) is 4.86. The third-order valence-corrected chi connectivity index (χ3v) is 3.31. The molecule has 1 aliphatic carbocycles. The van der Waals surface area contributed by atoms with E-state index in [9.17, 15) is 4.79 Å². The number of aryl methyl sites for hydroxylation is 1. The lowest BCUT2D eigenvalue weighted by molar-refractivity contribution is -0.117. The molecular weight excluding hydrogens is 242 g/mol. The number of rotatable bonds is 4. The number of nitrogens with one attached hydrogen (secondary N) is 1. The molecule has 1 aliphatic rings. The number of fused-ring (bicyclic) bond motifs is 1. The number of nitrogens with zero attached hydrogens (tertiary/aromatic N) is 2. The lowest BCUT2D eigenvalue weighted by atomic mass is 10.2. The monoisotopic (exact) mass is 259 g/mol. The van der Waals surface area contributed by atoms with Crippen LogP contribution in [0.1, 0.15) is 19.8 Å². The number of anilines is 1. The maximum Gasteiger partial charge on any atom is 0.240 e. The molecule has 1 heterocycles. The molecule has 1 fully saturated rings. The zero-order valence-electron chi connectivity index (χ0n) is 11.1. The van der Waals surface area contributed by atoms with Crippen LogP contribution < -0.4 is 10.1 Å². The first-order chi connectivity index (χ1) is 9.19. The van der Waals surface area contributed by atoms with Crippen molar-refractivity contribution in [3.05, 3.63) is 18.2 Å². The molecule has 0 atom stereocenters. The number of carbonyl (C=O) groups excluding carboxylic acids is 1. The molecule has 1 aromatic heterocycles. The fourth-order valence-electron chi connectivity index (χ4n) is 2.14. The van der Waals surface area contributed by atoms with Crippen LogP contribution in [0.2, 0.25) is 0 Å². The summed E-state index contributed by atoms with van der Waals surface area (Å²) < 4.78 is 7.30. The van der Waals surface area contributed by atoms with E-state index >= 15 is 0 Å². The quantitative estimate of drug-likeness (QED) is 0.916. The predicted octanol–water partition coefficient (Wildman–Crippen LogP) is 2.32. The Morgan fingerprint density at radius 2 is 2.32 bits per heavy atom. The van der Waals surface area contributed by atoms with Crippen molar-refractivity contribution in [2.75, 3.05) is 11.9 Å². The number of hydrogen-bond donors (Lipinski definition) is 1. The van der Waals surface area contributed by atoms with Crippen LogP contribution in [-0.2, 0) is 11.8 Å². The molecule has 0 aliphatic heterocycles. The second kappa shape index (κ2) is 4.57. The first-order valence-corrected chi connectivity index (χ1v) is 6.59. The van der Waals surface area contributed by atoms with Crippen LogP contribution in [0.5, 0.6) is 5.88 Å². The minimum Gasteiger partial charge on any atom is -0.476 e. The molecule has 0 radical (unpaired) electrons. The standard InChI is InChI=1S/C14H17N3O2/c1-3-19-14-11-8-10(15-13(18)9-4-5-9)6-7-12(11)17(2)16-14/h6-9H,3-5H2,1-2H3,(H,15,18). The minimum absolute atomic E-state index is 0.112. The van der Waals surface area contributed by atoms with E-state index in [2.05, 4.69) is 10.4 Å². The fraction of sp³-hybridized carbons (Fsp3) is 0.429. The Morgan fingerprint density at radius 1 is 1.53 bits per heavy atom. The largest absolute Gasteiger partial charge is 0.476 e. The Balaban J connectivity index is 1.93. The fourth-order valence-corrected chi connectivity index (χ4v) is 2.14. The van der Waals surface area contributed by atoms with E-state index in [0.717, 1.165) is 29.4 Å². The van der Waals surface area contributed by atoms with Crippen molar-refractivity contribution in [3.63, 3.8) is 0 Å². The highest BCUT2D eigenvalue weighted by Crippen LogP contribution is 2.31. The SMILES string of the molecule is CCOc1nn(C)c2ccc(NC(=O)C3CC3)cc12. The van der Waals surface area contributed by atoms with Crippen LogP contribution >= 0.6 is 0 Å². The van der Waals surface area contributed by atoms with Crippen molar-refractivity contribution < 1.29 is 9.53 Å². The third-order valence-electron chi connectivity index (χ3n) is 3.31. The van der Waals surface area contributed by atoms with Crippen LogP contribution in [0.15, 0.2) is 18.2 Å². The van der Waals surface area contributed by atoms with E-state index in [4.69, 9.17) is 4.74 Å². The molecule has 1 aromatic carbocycles. The Labute approximate surface area is 111 Å². The minimum atomic E-state index is 0.112. The second-order valence-corrected chi connectivity index (χ2v) is 4.86. The summed E-state index contributed by atoms with van der Waals surface area (Å²) in [6.45, 7) is 2.50. The van der Waals surface area contributed by atoms with E-state index < -0.39 is 0 Å². The highest BCUT2D eigenvalue weighted by Gasteiger charge is 2.29. The van der Waals surface area contributed by atoms with Gasteiger partial charge in [0.15, 0.2) is 0 Å². The van der Waals surface area contributed by atoms with Gasteiger partial charge in [-0.3, -0.25) is 9.48 Å². The predicted molar refractivity (Wildman–Crippen MR) is 73.2 cm³/mol. The van der Waals surface area contributed by atoms with Gasteiger partial charge in [-0.1, -0.05) is 0 Å². The molecule has 3 rings (SSSR count). The summed E-state index contributed by atoms with van der Waals surface area (Å²) in [7, 11) is 1.88. The maximum absolute atomic E-state index is 11.8. The normalized spacial score (nSPS) is 14.6. The first-order valence-electron chi connectivity index (χ1n) is 6.59. The van der Waals surface area contributed by atoms with Crippen LogP contribution in [0.4, 0.5) is 5.69 Å². The molecule has 100 valence electrons. The van der Waals surface area contributed by atoms with Gasteiger partial charge in [0.05, 0.1) is 17.5 Å². The van der Waals surface area contributed by atoms with Gasteiger partial charge in [0.25, 0.3) is 0 Å². The summed E-state index contributed by atoms with van der Waals surface area (Å²) in [5.74, 6) is 0.930. The van der Waals surface area contributed by atoms with Gasteiger partial charge in [-0.25, -0.2) is 0 Å². The van der Waals surface area contributed by atoms with Gasteiger partial charge in [0.2, 0.25) is 11.8 Å². The van der Waals surface area contributed by atoms with Gasteiger partial charge < -0.3 is 10.1 Å². The van der Waals surface area contributed by atoms with Crippen molar-refractivity contribution in [3.8, 4) is 5.88 Å². The molecule has 0 saturated heterocycles. The summed E-state index contributed by atoms with van der Waals surface area (Å²) in [6.07, 6.45) is 2.01. The molecule has 2 aromatic rings. The van der Waals surface area contributed by atoms with Gasteiger partial charge in [-0.2, -0.15) is 0 Å². The van der Waals surface area contributed by atoms with E-state index in [1.165, 1.54) is 0 Å². The van der Waals surface area contributed by atoms with Gasteiger partial charge in [0, 0.05) is 18.7 Å². The number of carbonyl (C=O) groups is 1. The number of hydrogen-bond acceptors (Lipinski definition) is 3. The summed E-state index contributed by atoms with van der Waals surface area (Å²) in [5, 5.41) is 8.20. The Kier molecular flexibility index (Phi) is 2.89. The Morgan fingerprint density at radius 3 is 3.00 bits per heavy atom. The molecule has 5 nitrogen and oxygen atoms in total. The molecule has 1 amide bonds. The smallest absolute Gasteiger partial charge is 0.240 e. The molecule has 0 unspecified atom stereocenters. The zero-order valence-corrected chi connectivity index (χ0v) is 11.1. The zero-order chi connectivity index (χ0) is 13.4. The molecular formula is C14H17N3O2. The van der Waals surface area contributed by atoms with Crippen molar-refractivity contribution in [2.24, 2.45) is 13.0 Å². The molecule has 5 heteroatoms. The number of amides is 1. The molecule has 1 saturated carbocycles. The van der Waals surface area contributed by atoms with Gasteiger partial charge in [0.1, 0.15) is 0 Å². The maximum atomic E-state index is 11.8. The Hall–Kier alpha value is -2.04. The molecule has 1 N–H and O–H groups in total. The summed E-state index contributed by atoms with van der Waals surface area (Å²) >= 11 is 0. The van der Waals surface area contributed by atoms with Crippen molar-refractivity contribution in [1.82, 2.24) is 9.78 Å². The third kappa shape index (κ3) is 2.28.